The van der Waals surface area contributed by atoms with Gasteiger partial charge in [-0.1, -0.05) is 6.07 Å². The molecule has 0 atom stereocenters. The Morgan fingerprint density at radius 2 is 0.840 bits per heavy atom. The smallest absolute Gasteiger partial charge is 0.222 e. The SMILES string of the molecule is COc1ccc(-c2ncccc2O)nc1.Cc1ccc(-c2ncccc2O)nc1.N#Cc1ccc(-c2ncccc2O)nc1.Oc1cnccc1-c1ncccn1.Oc1ncccc1-c1ncccn1.[Zn].[Zn].[Zn].[Zn].[Zn]. The minimum absolute atomic E-state index is 0. The number of hydrogen-bond donors (Lipinski definition) is 5. The fourth-order valence-electron chi connectivity index (χ4n) is 5.65. The van der Waals surface area contributed by atoms with Crippen molar-refractivity contribution >= 4 is 0 Å². The van der Waals surface area contributed by atoms with Gasteiger partial charge < -0.3 is 30.3 Å². The van der Waals surface area contributed by atoms with Crippen molar-refractivity contribution in [3.05, 3.63) is 195 Å². The number of rotatable bonds is 6. The molecule has 10 rings (SSSR count). The molecule has 24 heteroatoms. The van der Waals surface area contributed by atoms with Gasteiger partial charge in [-0.05, 0) is 110 Å². The van der Waals surface area contributed by atoms with Crippen LogP contribution in [0.15, 0.2) is 184 Å². The van der Waals surface area contributed by atoms with Gasteiger partial charge in [0.2, 0.25) is 5.88 Å². The van der Waals surface area contributed by atoms with Crippen molar-refractivity contribution in [1.82, 2.24) is 59.8 Å². The molecule has 0 aromatic carbocycles. The number of aryl methyl sites for hydroxylation is 1. The first-order valence-corrected chi connectivity index (χ1v) is 20.7. The van der Waals surface area contributed by atoms with Gasteiger partial charge in [0.15, 0.2) is 11.6 Å². The quantitative estimate of drug-likeness (QED) is 0.0980. The van der Waals surface area contributed by atoms with Crippen molar-refractivity contribution in [1.29, 1.82) is 5.26 Å². The minimum atomic E-state index is -0.0475. The molecule has 19 nitrogen and oxygen atoms in total. The zero-order chi connectivity index (χ0) is 49.5. The molecule has 0 saturated carbocycles. The largest absolute Gasteiger partial charge is 0.506 e. The Labute approximate surface area is 495 Å². The van der Waals surface area contributed by atoms with Gasteiger partial charge >= 0.3 is 0 Å². The van der Waals surface area contributed by atoms with Gasteiger partial charge in [-0.3, -0.25) is 34.9 Å². The van der Waals surface area contributed by atoms with Crippen LogP contribution in [-0.4, -0.2) is 92.5 Å². The number of hydrogen-bond acceptors (Lipinski definition) is 19. The maximum Gasteiger partial charge on any atom is 0.222 e. The zero-order valence-electron chi connectivity index (χ0n) is 40.8. The van der Waals surface area contributed by atoms with Crippen LogP contribution in [0, 0.1) is 18.3 Å². The summed E-state index contributed by atoms with van der Waals surface area (Å²) >= 11 is 0. The summed E-state index contributed by atoms with van der Waals surface area (Å²) in [4.78, 5) is 48.0. The average Bonchev–Trinajstić information content (AvgIpc) is 3.41. The third-order valence-corrected chi connectivity index (χ3v) is 9.06. The topological polar surface area (TPSA) is 289 Å². The van der Waals surface area contributed by atoms with E-state index >= 15 is 0 Å². The third-order valence-electron chi connectivity index (χ3n) is 9.06. The summed E-state index contributed by atoms with van der Waals surface area (Å²) in [5.74, 6) is 2.06. The first kappa shape index (κ1) is 65.8. The number of aromatic nitrogens is 12. The summed E-state index contributed by atoms with van der Waals surface area (Å²) in [6.45, 7) is 1.97. The molecule has 10 aromatic rings. The van der Waals surface area contributed by atoms with E-state index in [1.54, 1.807) is 160 Å². The fraction of sp³-hybridized carbons (Fsp3) is 0.0392. The molecule has 0 aliphatic heterocycles. The van der Waals surface area contributed by atoms with E-state index < -0.39 is 0 Å². The molecule has 75 heavy (non-hydrogen) atoms. The maximum atomic E-state index is 9.56. The Bertz CT molecular complexity index is 3170. The molecule has 0 fully saturated rings. The van der Waals surface area contributed by atoms with Crippen LogP contribution >= 0.6 is 0 Å². The van der Waals surface area contributed by atoms with Gasteiger partial charge in [0.05, 0.1) is 53.3 Å². The molecular formula is C51H41N13O6Zn5. The Morgan fingerprint density at radius 1 is 0.400 bits per heavy atom. The summed E-state index contributed by atoms with van der Waals surface area (Å²) in [5.41, 5.74) is 5.97. The molecule has 0 saturated heterocycles. The normalized spacial score (nSPS) is 9.19. The summed E-state index contributed by atoms with van der Waals surface area (Å²) < 4.78 is 4.99. The molecule has 5 N–H and O–H groups in total. The van der Waals surface area contributed by atoms with E-state index in [2.05, 4.69) is 59.8 Å². The van der Waals surface area contributed by atoms with Crippen LogP contribution in [0.4, 0.5) is 0 Å². The van der Waals surface area contributed by atoms with Crippen molar-refractivity contribution in [3.8, 4) is 97.6 Å². The van der Waals surface area contributed by atoms with E-state index in [9.17, 15) is 25.5 Å². The molecule has 10 heterocycles. The van der Waals surface area contributed by atoms with Crippen LogP contribution in [0.2, 0.25) is 0 Å². The average molecular weight is 1260 g/mol. The van der Waals surface area contributed by atoms with E-state index in [0.717, 1.165) is 5.56 Å². The summed E-state index contributed by atoms with van der Waals surface area (Å²) in [7, 11) is 1.58. The van der Waals surface area contributed by atoms with Crippen LogP contribution in [0.3, 0.4) is 0 Å². The number of methoxy groups -OCH3 is 1. The Hall–Kier alpha value is -7.23. The third kappa shape index (κ3) is 20.2. The van der Waals surface area contributed by atoms with E-state index in [4.69, 9.17) is 10.00 Å². The fourth-order valence-corrected chi connectivity index (χ4v) is 5.65. The van der Waals surface area contributed by atoms with E-state index in [1.165, 1.54) is 18.6 Å². The van der Waals surface area contributed by atoms with Crippen molar-refractivity contribution in [2.75, 3.05) is 7.11 Å². The van der Waals surface area contributed by atoms with Gasteiger partial charge in [0.1, 0.15) is 51.9 Å². The minimum Gasteiger partial charge on any atom is -0.506 e. The summed E-state index contributed by atoms with van der Waals surface area (Å²) in [6, 6.07) is 30.9. The Balaban J connectivity index is 0.000000462. The van der Waals surface area contributed by atoms with Crippen LogP contribution in [0.5, 0.6) is 34.6 Å². The van der Waals surface area contributed by atoms with Crippen molar-refractivity contribution in [2.45, 2.75) is 6.92 Å². The molecule has 356 valence electrons. The number of pyridine rings is 8. The van der Waals surface area contributed by atoms with Crippen LogP contribution < -0.4 is 4.74 Å². The number of nitrogens with zero attached hydrogens (tertiary/aromatic N) is 13. The van der Waals surface area contributed by atoms with E-state index in [1.807, 2.05) is 25.1 Å². The molecule has 0 radical (unpaired) electrons. The molecule has 0 spiro atoms. The monoisotopic (exact) mass is 1250 g/mol. The van der Waals surface area contributed by atoms with Crippen LogP contribution in [0.1, 0.15) is 11.1 Å². The summed E-state index contributed by atoms with van der Waals surface area (Å²) in [6.07, 6.45) is 20.6. The van der Waals surface area contributed by atoms with Crippen molar-refractivity contribution in [3.63, 3.8) is 0 Å². The molecule has 0 aliphatic rings. The molecule has 0 aliphatic carbocycles. The number of nitriles is 1. The second-order valence-corrected chi connectivity index (χ2v) is 13.9. The molecule has 0 amide bonds. The van der Waals surface area contributed by atoms with Gasteiger partial charge in [-0.2, -0.15) is 5.26 Å². The second kappa shape index (κ2) is 35.1. The van der Waals surface area contributed by atoms with Gasteiger partial charge in [-0.25, -0.2) is 24.9 Å². The Morgan fingerprint density at radius 3 is 1.24 bits per heavy atom. The van der Waals surface area contributed by atoms with Gasteiger partial charge in [-0.15, -0.1) is 0 Å². The predicted molar refractivity (Wildman–Crippen MR) is 257 cm³/mol. The zero-order valence-corrected chi connectivity index (χ0v) is 55.6. The van der Waals surface area contributed by atoms with E-state index in [0.29, 0.717) is 68.3 Å². The molecular weight excluding hydrogens is 1220 g/mol. The maximum absolute atomic E-state index is 9.56. The number of ether oxygens (including phenoxy) is 1. The molecule has 0 unspecified atom stereocenters. The first-order chi connectivity index (χ1) is 34.1. The van der Waals surface area contributed by atoms with Crippen LogP contribution in [-0.2, 0) is 97.4 Å². The van der Waals surface area contributed by atoms with Crippen LogP contribution in [0.25, 0.3) is 56.9 Å². The van der Waals surface area contributed by atoms with E-state index in [-0.39, 0.29) is 126 Å². The standard InChI is InChI=1S/C11H7N3O.C11H10N2O2.C11H10N2O.2C9H7N3O.5Zn/c12-6-8-3-4-9(14-7-8)11-10(15)2-1-5-13-11;1-15-8-4-5-9(13-7-8)11-10(14)3-2-6-12-11;1-8-4-5-9(13-7-8)11-10(14)3-2-6-12-11;13-8-6-10-5-2-7(8)9-11-3-1-4-12-9;13-9-7(3-1-4-12-9)8-10-5-2-6-11-8;;;;;/h1-5,7,15H;2-7,14H,1H3;2-7,14H,1H3;1-6,13H;1-6H,(H,12,13);;;;;. The Kier molecular flexibility index (Phi) is 30.7. The number of aromatic hydroxyl groups is 5. The van der Waals surface area contributed by atoms with Crippen molar-refractivity contribution < 1.29 is 128 Å². The second-order valence-electron chi connectivity index (χ2n) is 13.9. The summed E-state index contributed by atoms with van der Waals surface area (Å²) in [5, 5.41) is 56.0. The van der Waals surface area contributed by atoms with Crippen molar-refractivity contribution in [2.24, 2.45) is 0 Å². The molecule has 0 bridgehead atoms. The van der Waals surface area contributed by atoms with Gasteiger partial charge in [0.25, 0.3) is 0 Å². The molecule has 10 aromatic heterocycles. The van der Waals surface area contributed by atoms with Gasteiger partial charge in [0, 0.05) is 166 Å². The predicted octanol–water partition coefficient (Wildman–Crippen LogP) is 8.21. The first-order valence-electron chi connectivity index (χ1n) is 20.7.